The Labute approximate surface area is 157 Å². The summed E-state index contributed by atoms with van der Waals surface area (Å²) in [5.74, 6) is 0.530. The van der Waals surface area contributed by atoms with Crippen LogP contribution in [0.5, 0.6) is 0 Å². The molecule has 0 unspecified atom stereocenters. The standard InChI is InChI=1S/C17H30N4O.HI/c1-3-22-14-8-12-20-17(18)19-11-7-13-21(2)15-16-9-5-4-6-10-16;/h4-6,9-10H,3,7-8,11-15H2,1-2H3,(H3,18,19,20);1H. The van der Waals surface area contributed by atoms with Crippen molar-refractivity contribution in [3.05, 3.63) is 35.9 Å². The lowest BCUT2D eigenvalue weighted by molar-refractivity contribution is 0.146. The van der Waals surface area contributed by atoms with E-state index in [1.807, 2.05) is 13.0 Å². The third-order valence-corrected chi connectivity index (χ3v) is 3.25. The first kappa shape index (κ1) is 22.1. The van der Waals surface area contributed by atoms with Gasteiger partial charge in [0.25, 0.3) is 0 Å². The van der Waals surface area contributed by atoms with Crippen molar-refractivity contribution >= 4 is 29.9 Å². The molecule has 0 aliphatic carbocycles. The molecule has 0 bridgehead atoms. The summed E-state index contributed by atoms with van der Waals surface area (Å²) < 4.78 is 5.25. The average Bonchev–Trinajstić information content (AvgIpc) is 2.52. The molecule has 0 saturated heterocycles. The van der Waals surface area contributed by atoms with Crippen LogP contribution < -0.4 is 11.1 Å². The largest absolute Gasteiger partial charge is 0.382 e. The summed E-state index contributed by atoms with van der Waals surface area (Å²) >= 11 is 0. The minimum absolute atomic E-state index is 0. The van der Waals surface area contributed by atoms with Gasteiger partial charge in [-0.15, -0.1) is 24.0 Å². The van der Waals surface area contributed by atoms with Gasteiger partial charge < -0.3 is 20.7 Å². The summed E-state index contributed by atoms with van der Waals surface area (Å²) in [6, 6.07) is 10.5. The zero-order valence-corrected chi connectivity index (χ0v) is 16.7. The maximum absolute atomic E-state index is 5.81. The van der Waals surface area contributed by atoms with Crippen LogP contribution in [0.4, 0.5) is 0 Å². The second kappa shape index (κ2) is 14.7. The molecule has 1 aromatic carbocycles. The second-order valence-corrected chi connectivity index (χ2v) is 5.32. The zero-order chi connectivity index (χ0) is 16.0. The third kappa shape index (κ3) is 12.3. The Hall–Kier alpha value is -0.860. The van der Waals surface area contributed by atoms with E-state index in [0.29, 0.717) is 12.5 Å². The number of guanidine groups is 1. The fraction of sp³-hybridized carbons (Fsp3) is 0.588. The van der Waals surface area contributed by atoms with E-state index in [9.17, 15) is 0 Å². The van der Waals surface area contributed by atoms with Crippen LogP contribution >= 0.6 is 24.0 Å². The SMILES string of the molecule is CCOCCCN=C(N)NCCCN(C)Cc1ccccc1.I. The maximum atomic E-state index is 5.81. The Bertz CT molecular complexity index is 414. The molecular formula is C17H31IN4O. The van der Waals surface area contributed by atoms with Gasteiger partial charge in [-0.25, -0.2) is 0 Å². The van der Waals surface area contributed by atoms with Crippen molar-refractivity contribution in [3.8, 4) is 0 Å². The van der Waals surface area contributed by atoms with Crippen molar-refractivity contribution in [1.29, 1.82) is 0 Å². The van der Waals surface area contributed by atoms with E-state index in [0.717, 1.165) is 45.7 Å². The lowest BCUT2D eigenvalue weighted by Crippen LogP contribution is -2.34. The number of nitrogens with one attached hydrogen (secondary N) is 1. The van der Waals surface area contributed by atoms with E-state index in [1.54, 1.807) is 0 Å². The fourth-order valence-corrected chi connectivity index (χ4v) is 2.11. The molecule has 0 aliphatic heterocycles. The van der Waals surface area contributed by atoms with Crippen LogP contribution in [-0.2, 0) is 11.3 Å². The number of hydrogen-bond acceptors (Lipinski definition) is 3. The number of ether oxygens (including phenoxy) is 1. The predicted molar refractivity (Wildman–Crippen MR) is 108 cm³/mol. The molecule has 0 spiro atoms. The van der Waals surface area contributed by atoms with Crippen molar-refractivity contribution in [2.24, 2.45) is 10.7 Å². The molecule has 132 valence electrons. The number of nitrogens with two attached hydrogens (primary N) is 1. The molecule has 23 heavy (non-hydrogen) atoms. The predicted octanol–water partition coefficient (Wildman–Crippen LogP) is 2.46. The summed E-state index contributed by atoms with van der Waals surface area (Å²) in [5, 5.41) is 3.15. The van der Waals surface area contributed by atoms with Crippen LogP contribution in [0.3, 0.4) is 0 Å². The summed E-state index contributed by atoms with van der Waals surface area (Å²) in [6.45, 7) is 7.06. The lowest BCUT2D eigenvalue weighted by atomic mass is 10.2. The van der Waals surface area contributed by atoms with Gasteiger partial charge in [0, 0.05) is 32.8 Å². The Morgan fingerprint density at radius 2 is 2.00 bits per heavy atom. The Morgan fingerprint density at radius 3 is 2.70 bits per heavy atom. The van der Waals surface area contributed by atoms with E-state index in [-0.39, 0.29) is 24.0 Å². The van der Waals surface area contributed by atoms with Crippen LogP contribution in [-0.4, -0.2) is 50.8 Å². The first-order valence-electron chi connectivity index (χ1n) is 8.06. The van der Waals surface area contributed by atoms with Crippen LogP contribution in [0, 0.1) is 0 Å². The summed E-state index contributed by atoms with van der Waals surface area (Å²) in [7, 11) is 2.14. The van der Waals surface area contributed by atoms with Crippen molar-refractivity contribution < 1.29 is 4.74 Å². The maximum Gasteiger partial charge on any atom is 0.188 e. The van der Waals surface area contributed by atoms with Crippen molar-refractivity contribution in [2.45, 2.75) is 26.3 Å². The first-order chi connectivity index (χ1) is 10.7. The van der Waals surface area contributed by atoms with Gasteiger partial charge in [0.15, 0.2) is 5.96 Å². The van der Waals surface area contributed by atoms with E-state index >= 15 is 0 Å². The normalized spacial score (nSPS) is 11.3. The van der Waals surface area contributed by atoms with Crippen molar-refractivity contribution in [2.75, 3.05) is 39.9 Å². The van der Waals surface area contributed by atoms with Crippen molar-refractivity contribution in [1.82, 2.24) is 10.2 Å². The van der Waals surface area contributed by atoms with Gasteiger partial charge in [-0.05, 0) is 38.9 Å². The van der Waals surface area contributed by atoms with Crippen LogP contribution in [0.2, 0.25) is 0 Å². The Balaban J connectivity index is 0.00000484. The minimum atomic E-state index is 0. The van der Waals surface area contributed by atoms with Gasteiger partial charge in [-0.3, -0.25) is 4.99 Å². The molecule has 0 aliphatic rings. The molecular weight excluding hydrogens is 403 g/mol. The molecule has 0 aromatic heterocycles. The molecule has 0 fully saturated rings. The monoisotopic (exact) mass is 434 g/mol. The second-order valence-electron chi connectivity index (χ2n) is 5.32. The molecule has 5 nitrogen and oxygen atoms in total. The molecule has 1 rings (SSSR count). The van der Waals surface area contributed by atoms with Crippen LogP contribution in [0.15, 0.2) is 35.3 Å². The van der Waals surface area contributed by atoms with Gasteiger partial charge in [-0.1, -0.05) is 30.3 Å². The average molecular weight is 434 g/mol. The summed E-state index contributed by atoms with van der Waals surface area (Å²) in [5.41, 5.74) is 7.15. The number of aliphatic imine (C=N–C) groups is 1. The zero-order valence-electron chi connectivity index (χ0n) is 14.3. The number of benzene rings is 1. The highest BCUT2D eigenvalue weighted by molar-refractivity contribution is 14.0. The van der Waals surface area contributed by atoms with E-state index in [2.05, 4.69) is 46.5 Å². The van der Waals surface area contributed by atoms with Crippen molar-refractivity contribution in [3.63, 3.8) is 0 Å². The van der Waals surface area contributed by atoms with Gasteiger partial charge in [0.1, 0.15) is 0 Å². The van der Waals surface area contributed by atoms with E-state index in [4.69, 9.17) is 10.5 Å². The van der Waals surface area contributed by atoms with Gasteiger partial charge in [0.05, 0.1) is 0 Å². The van der Waals surface area contributed by atoms with E-state index < -0.39 is 0 Å². The highest BCUT2D eigenvalue weighted by Gasteiger charge is 2.00. The first-order valence-corrected chi connectivity index (χ1v) is 8.06. The highest BCUT2D eigenvalue weighted by Crippen LogP contribution is 2.02. The molecule has 6 heteroatoms. The molecule has 0 heterocycles. The van der Waals surface area contributed by atoms with Gasteiger partial charge in [-0.2, -0.15) is 0 Å². The Morgan fingerprint density at radius 1 is 1.26 bits per heavy atom. The quantitative estimate of drug-likeness (QED) is 0.243. The fourth-order valence-electron chi connectivity index (χ4n) is 2.11. The third-order valence-electron chi connectivity index (χ3n) is 3.25. The summed E-state index contributed by atoms with van der Waals surface area (Å²) in [4.78, 5) is 6.58. The summed E-state index contributed by atoms with van der Waals surface area (Å²) in [6.07, 6.45) is 1.95. The lowest BCUT2D eigenvalue weighted by Gasteiger charge is -2.16. The van der Waals surface area contributed by atoms with E-state index in [1.165, 1.54) is 5.56 Å². The molecule has 0 saturated carbocycles. The topological polar surface area (TPSA) is 62.9 Å². The van der Waals surface area contributed by atoms with Gasteiger partial charge >= 0.3 is 0 Å². The molecule has 3 N–H and O–H groups in total. The highest BCUT2D eigenvalue weighted by atomic mass is 127. The molecule has 0 atom stereocenters. The van der Waals surface area contributed by atoms with Crippen LogP contribution in [0.1, 0.15) is 25.3 Å². The minimum Gasteiger partial charge on any atom is -0.382 e. The van der Waals surface area contributed by atoms with Crippen LogP contribution in [0.25, 0.3) is 0 Å². The molecule has 0 amide bonds. The van der Waals surface area contributed by atoms with Gasteiger partial charge in [0.2, 0.25) is 0 Å². The molecule has 1 aromatic rings. The number of halogens is 1. The molecule has 0 radical (unpaired) electrons. The smallest absolute Gasteiger partial charge is 0.188 e. The number of nitrogens with zero attached hydrogens (tertiary/aromatic N) is 2. The number of rotatable bonds is 11. The Kier molecular flexibility index (Phi) is 14.2. The number of hydrogen-bond donors (Lipinski definition) is 2.